The highest BCUT2D eigenvalue weighted by Gasteiger charge is 2.35. The van der Waals surface area contributed by atoms with Crippen LogP contribution in [0.5, 0.6) is 0 Å². The normalized spacial score (nSPS) is 19.6. The molecule has 0 saturated carbocycles. The first kappa shape index (κ1) is 32.7. The summed E-state index contributed by atoms with van der Waals surface area (Å²) in [6.07, 6.45) is 9.57. The fraction of sp³-hybridized carbons (Fsp3) is 0.500. The van der Waals surface area contributed by atoms with Gasteiger partial charge >= 0.3 is 0 Å². The first-order valence-electron chi connectivity index (χ1n) is 17.4. The third-order valence-electron chi connectivity index (χ3n) is 10.5. The predicted octanol–water partition coefficient (Wildman–Crippen LogP) is 7.34. The first-order valence-corrected chi connectivity index (χ1v) is 17.4. The van der Waals surface area contributed by atoms with E-state index in [9.17, 15) is 9.59 Å². The molecule has 2 aliphatic rings. The number of hydrogen-bond acceptors (Lipinski definition) is 6. The molecule has 2 fully saturated rings. The van der Waals surface area contributed by atoms with Crippen LogP contribution in [-0.2, 0) is 9.59 Å². The summed E-state index contributed by atoms with van der Waals surface area (Å²) in [5, 5.41) is 5.62. The quantitative estimate of drug-likeness (QED) is 0.189. The number of nitrogens with zero attached hydrogens (tertiary/aromatic N) is 5. The van der Waals surface area contributed by atoms with Gasteiger partial charge in [0.05, 0.1) is 17.9 Å². The number of carbonyl (C=O) groups excluding carboxylic acids is 2. The van der Waals surface area contributed by atoms with Gasteiger partial charge in [-0.25, -0.2) is 15.0 Å². The second-order valence-corrected chi connectivity index (χ2v) is 14.2. The number of benzene rings is 2. The number of aromatic nitrogens is 4. The molecule has 0 unspecified atom stereocenters. The smallest absolute Gasteiger partial charge is 0.226 e. The lowest BCUT2D eigenvalue weighted by Gasteiger charge is -2.29. The van der Waals surface area contributed by atoms with E-state index in [1.54, 1.807) is 0 Å². The van der Waals surface area contributed by atoms with Crippen LogP contribution >= 0.6 is 0 Å². The zero-order valence-electron chi connectivity index (χ0n) is 28.7. The third kappa shape index (κ3) is 6.90. The van der Waals surface area contributed by atoms with Crippen molar-refractivity contribution in [1.82, 2.24) is 29.7 Å². The number of rotatable bonds is 10. The second-order valence-electron chi connectivity index (χ2n) is 14.2. The number of fused-ring (bicyclic) bond motifs is 1. The van der Waals surface area contributed by atoms with E-state index in [-0.39, 0.29) is 35.7 Å². The van der Waals surface area contributed by atoms with Crippen molar-refractivity contribution in [3.05, 3.63) is 60.8 Å². The van der Waals surface area contributed by atoms with Gasteiger partial charge in [-0.2, -0.15) is 0 Å². The molecule has 2 saturated heterocycles. The van der Waals surface area contributed by atoms with Gasteiger partial charge in [0.2, 0.25) is 17.8 Å². The maximum Gasteiger partial charge on any atom is 0.226 e. The van der Waals surface area contributed by atoms with Gasteiger partial charge in [0.1, 0.15) is 5.82 Å². The number of hydrogen-bond donors (Lipinski definition) is 2. The molecule has 9 heteroatoms. The number of carbonyl (C=O) groups is 2. The van der Waals surface area contributed by atoms with Gasteiger partial charge in [-0.1, -0.05) is 65.8 Å². The molecule has 9 nitrogen and oxygen atoms in total. The second kappa shape index (κ2) is 13.8. The number of aromatic amines is 1. The minimum absolute atomic E-state index is 0.000988. The Kier molecular flexibility index (Phi) is 9.62. The molecule has 0 spiro atoms. The van der Waals surface area contributed by atoms with E-state index in [1.807, 2.05) is 42.2 Å². The minimum atomic E-state index is 0.000988. The molecule has 0 bridgehead atoms. The van der Waals surface area contributed by atoms with Gasteiger partial charge in [-0.05, 0) is 66.0 Å². The summed E-state index contributed by atoms with van der Waals surface area (Å²) in [4.78, 5) is 47.6. The Morgan fingerprint density at radius 2 is 1.36 bits per heavy atom. The van der Waals surface area contributed by atoms with Gasteiger partial charge in [-0.15, -0.1) is 0 Å². The van der Waals surface area contributed by atoms with Gasteiger partial charge in [-0.3, -0.25) is 9.59 Å². The van der Waals surface area contributed by atoms with Crippen molar-refractivity contribution in [3.8, 4) is 22.4 Å². The number of anilines is 1. The van der Waals surface area contributed by atoms with Crippen LogP contribution in [0.25, 0.3) is 33.2 Å². The van der Waals surface area contributed by atoms with Crippen LogP contribution in [0.4, 0.5) is 5.95 Å². The summed E-state index contributed by atoms with van der Waals surface area (Å²) in [7, 11) is 0. The molecule has 4 atom stereocenters. The zero-order valence-corrected chi connectivity index (χ0v) is 28.7. The summed E-state index contributed by atoms with van der Waals surface area (Å²) in [6, 6.07) is 13.0. The molecule has 4 aromatic rings. The highest BCUT2D eigenvalue weighted by Crippen LogP contribution is 2.34. The van der Waals surface area contributed by atoms with E-state index < -0.39 is 0 Å². The largest absolute Gasteiger partial charge is 0.352 e. The molecule has 2 N–H and O–H groups in total. The molecule has 47 heavy (non-hydrogen) atoms. The van der Waals surface area contributed by atoms with Crippen molar-refractivity contribution in [3.63, 3.8) is 0 Å². The summed E-state index contributed by atoms with van der Waals surface area (Å²) < 4.78 is 0. The lowest BCUT2D eigenvalue weighted by atomic mass is 9.96. The Bertz CT molecular complexity index is 1710. The minimum Gasteiger partial charge on any atom is -0.352 e. The topological polar surface area (TPSA) is 107 Å². The molecule has 2 aromatic heterocycles. The fourth-order valence-corrected chi connectivity index (χ4v) is 6.77. The monoisotopic (exact) mass is 635 g/mol. The van der Waals surface area contributed by atoms with Crippen LogP contribution in [-0.4, -0.2) is 67.2 Å². The van der Waals surface area contributed by atoms with Crippen molar-refractivity contribution < 1.29 is 9.59 Å². The molecule has 2 amide bonds. The van der Waals surface area contributed by atoms with Crippen LogP contribution in [0.15, 0.2) is 55.0 Å². The predicted molar refractivity (Wildman–Crippen MR) is 187 cm³/mol. The Labute approximate surface area is 278 Å². The van der Waals surface area contributed by atoms with E-state index in [0.29, 0.717) is 24.3 Å². The Morgan fingerprint density at radius 1 is 0.766 bits per heavy atom. The van der Waals surface area contributed by atoms with E-state index in [1.165, 1.54) is 0 Å². The molecule has 0 radical (unpaired) electrons. The molecule has 2 aliphatic heterocycles. The summed E-state index contributed by atoms with van der Waals surface area (Å²) in [5.41, 5.74) is 4.02. The molecule has 2 aromatic carbocycles. The molecular weight excluding hydrogens is 586 g/mol. The first-order chi connectivity index (χ1) is 22.6. The van der Waals surface area contributed by atoms with Crippen molar-refractivity contribution in [2.24, 2.45) is 23.7 Å². The third-order valence-corrected chi connectivity index (χ3v) is 10.5. The van der Waals surface area contributed by atoms with Crippen molar-refractivity contribution >= 4 is 28.5 Å². The lowest BCUT2D eigenvalue weighted by Crippen LogP contribution is -2.43. The SMILES string of the molecule is CC(C)[C@H](C)C(=O)N1CCC[C@H]1CNc1ncc(-c2ccc3cc(-c4cnc([C@@H]5CCCN5C(=O)[C@@H](C)C(C)C)[nH]4)ccc3c2)cn1. The van der Waals surface area contributed by atoms with E-state index in [2.05, 4.69) is 84.4 Å². The number of imidazole rings is 1. The maximum absolute atomic E-state index is 13.1. The van der Waals surface area contributed by atoms with E-state index in [0.717, 1.165) is 77.8 Å². The van der Waals surface area contributed by atoms with Crippen LogP contribution in [0, 0.1) is 23.7 Å². The van der Waals surface area contributed by atoms with Crippen molar-refractivity contribution in [1.29, 1.82) is 0 Å². The summed E-state index contributed by atoms with van der Waals surface area (Å²) in [6.45, 7) is 14.8. The van der Waals surface area contributed by atoms with Gasteiger partial charge in [0, 0.05) is 61.0 Å². The Morgan fingerprint density at radius 3 is 2.04 bits per heavy atom. The van der Waals surface area contributed by atoms with Crippen LogP contribution in [0.1, 0.15) is 79.1 Å². The van der Waals surface area contributed by atoms with E-state index >= 15 is 0 Å². The van der Waals surface area contributed by atoms with E-state index in [4.69, 9.17) is 4.98 Å². The average Bonchev–Trinajstić information content (AvgIpc) is 3.87. The van der Waals surface area contributed by atoms with Gasteiger partial charge < -0.3 is 20.1 Å². The standard InChI is InChI=1S/C38H49N7O2/c1-23(2)25(5)36(46)44-15-7-9-32(44)21-42-38-40-19-31(20-41-38)29-12-11-28-18-30(14-13-27(28)17-29)33-22-39-35(43-33)34-10-8-16-45(34)37(47)26(6)24(3)4/h11-14,17-20,22-26,32,34H,7-10,15-16,21H2,1-6H3,(H,39,43)(H,40,41,42)/t25-,26-,32-,34-/m0/s1. The summed E-state index contributed by atoms with van der Waals surface area (Å²) >= 11 is 0. The number of amides is 2. The maximum atomic E-state index is 13.1. The van der Waals surface area contributed by atoms with Crippen LogP contribution < -0.4 is 5.32 Å². The number of likely N-dealkylation sites (tertiary alicyclic amines) is 2. The molecule has 4 heterocycles. The summed E-state index contributed by atoms with van der Waals surface area (Å²) in [5.74, 6) is 2.59. The van der Waals surface area contributed by atoms with Crippen LogP contribution in [0.3, 0.4) is 0 Å². The lowest BCUT2D eigenvalue weighted by molar-refractivity contribution is -0.138. The molecule has 6 rings (SSSR count). The number of H-pyrrole nitrogens is 1. The van der Waals surface area contributed by atoms with Crippen LogP contribution in [0.2, 0.25) is 0 Å². The van der Waals surface area contributed by atoms with Crippen molar-refractivity contribution in [2.75, 3.05) is 25.0 Å². The Hall–Kier alpha value is -4.27. The average molecular weight is 636 g/mol. The highest BCUT2D eigenvalue weighted by molar-refractivity contribution is 5.90. The van der Waals surface area contributed by atoms with Crippen molar-refractivity contribution in [2.45, 2.75) is 79.3 Å². The molecule has 248 valence electrons. The molecular formula is C38H49N7O2. The fourth-order valence-electron chi connectivity index (χ4n) is 6.77. The number of nitrogens with one attached hydrogen (secondary N) is 2. The molecule has 0 aliphatic carbocycles. The van der Waals surface area contributed by atoms with Gasteiger partial charge in [0.25, 0.3) is 0 Å². The Balaban J connectivity index is 1.10. The highest BCUT2D eigenvalue weighted by atomic mass is 16.2. The van der Waals surface area contributed by atoms with Gasteiger partial charge in [0.15, 0.2) is 0 Å². The zero-order chi connectivity index (χ0) is 33.2.